The molecule has 27 heavy (non-hydrogen) atoms. The third-order valence-electron chi connectivity index (χ3n) is 3.80. The van der Waals surface area contributed by atoms with Crippen LogP contribution in [0.15, 0.2) is 16.6 Å². The molecular formula is C17H19BrF4N2O3. The summed E-state index contributed by atoms with van der Waals surface area (Å²) in [4.78, 5) is 25.8. The van der Waals surface area contributed by atoms with Gasteiger partial charge in [-0.2, -0.15) is 13.2 Å². The van der Waals surface area contributed by atoms with E-state index in [4.69, 9.17) is 4.74 Å². The van der Waals surface area contributed by atoms with Gasteiger partial charge in [0.25, 0.3) is 5.91 Å². The minimum absolute atomic E-state index is 0.0903. The fourth-order valence-corrected chi connectivity index (χ4v) is 3.09. The second-order valence-electron chi connectivity index (χ2n) is 7.17. The Hall–Kier alpha value is -1.84. The van der Waals surface area contributed by atoms with E-state index in [2.05, 4.69) is 21.2 Å². The van der Waals surface area contributed by atoms with Gasteiger partial charge in [0.1, 0.15) is 11.4 Å². The van der Waals surface area contributed by atoms with Crippen molar-refractivity contribution in [1.82, 2.24) is 10.2 Å². The van der Waals surface area contributed by atoms with Crippen molar-refractivity contribution in [2.24, 2.45) is 0 Å². The van der Waals surface area contributed by atoms with Gasteiger partial charge in [0, 0.05) is 23.6 Å². The summed E-state index contributed by atoms with van der Waals surface area (Å²) < 4.78 is 58.0. The van der Waals surface area contributed by atoms with E-state index in [1.807, 2.05) is 0 Å². The van der Waals surface area contributed by atoms with Crippen molar-refractivity contribution < 1.29 is 31.9 Å². The van der Waals surface area contributed by atoms with Gasteiger partial charge in [-0.1, -0.05) is 0 Å². The molecule has 2 rings (SSSR count). The second-order valence-corrected chi connectivity index (χ2v) is 8.02. The number of amides is 2. The van der Waals surface area contributed by atoms with Gasteiger partial charge in [0.05, 0.1) is 11.1 Å². The topological polar surface area (TPSA) is 58.6 Å². The number of hydrogen-bond acceptors (Lipinski definition) is 3. The molecule has 1 atom stereocenters. The molecule has 0 bridgehead atoms. The van der Waals surface area contributed by atoms with E-state index in [0.717, 1.165) is 6.07 Å². The van der Waals surface area contributed by atoms with Gasteiger partial charge < -0.3 is 15.0 Å². The first-order valence-corrected chi connectivity index (χ1v) is 8.93. The van der Waals surface area contributed by atoms with Crippen LogP contribution in [0.5, 0.6) is 0 Å². The Balaban J connectivity index is 2.10. The van der Waals surface area contributed by atoms with Crippen molar-refractivity contribution in [3.05, 3.63) is 33.5 Å². The minimum Gasteiger partial charge on any atom is -0.444 e. The third-order valence-corrected chi connectivity index (χ3v) is 4.46. The monoisotopic (exact) mass is 454 g/mol. The largest absolute Gasteiger partial charge is 0.444 e. The van der Waals surface area contributed by atoms with Gasteiger partial charge >= 0.3 is 12.3 Å². The highest BCUT2D eigenvalue weighted by Gasteiger charge is 2.37. The van der Waals surface area contributed by atoms with Gasteiger partial charge in [-0.25, -0.2) is 9.18 Å². The highest BCUT2D eigenvalue weighted by molar-refractivity contribution is 9.10. The summed E-state index contributed by atoms with van der Waals surface area (Å²) in [5.41, 5.74) is -2.91. The van der Waals surface area contributed by atoms with Gasteiger partial charge in [0.2, 0.25) is 0 Å². The first-order chi connectivity index (χ1) is 12.3. The predicted octanol–water partition coefficient (Wildman–Crippen LogP) is 4.35. The Morgan fingerprint density at radius 1 is 1.26 bits per heavy atom. The molecule has 10 heteroatoms. The van der Waals surface area contributed by atoms with E-state index < -0.39 is 46.8 Å². The Kier molecular flexibility index (Phi) is 6.08. The lowest BCUT2D eigenvalue weighted by Gasteiger charge is -2.24. The van der Waals surface area contributed by atoms with Crippen LogP contribution in [0.4, 0.5) is 22.4 Å². The van der Waals surface area contributed by atoms with Crippen molar-refractivity contribution in [3.63, 3.8) is 0 Å². The highest BCUT2D eigenvalue weighted by atomic mass is 79.9. The summed E-state index contributed by atoms with van der Waals surface area (Å²) >= 11 is 2.91. The molecule has 1 N–H and O–H groups in total. The number of hydrogen-bond donors (Lipinski definition) is 1. The number of halogens is 5. The van der Waals surface area contributed by atoms with Crippen molar-refractivity contribution >= 4 is 27.9 Å². The first-order valence-electron chi connectivity index (χ1n) is 8.13. The average Bonchev–Trinajstić information content (AvgIpc) is 2.92. The summed E-state index contributed by atoms with van der Waals surface area (Å²) in [7, 11) is 0. The number of nitrogens with zero attached hydrogens (tertiary/aromatic N) is 1. The molecule has 0 saturated carbocycles. The predicted molar refractivity (Wildman–Crippen MR) is 92.8 cm³/mol. The Morgan fingerprint density at radius 2 is 1.89 bits per heavy atom. The molecule has 1 aromatic rings. The maximum atomic E-state index is 14.2. The summed E-state index contributed by atoms with van der Waals surface area (Å²) in [5.74, 6) is -2.63. The van der Waals surface area contributed by atoms with E-state index in [9.17, 15) is 27.2 Å². The van der Waals surface area contributed by atoms with Crippen molar-refractivity contribution in [1.29, 1.82) is 0 Å². The standard InChI is InChI=1S/C17H19BrF4N2O3/c1-16(2,3)27-15(26)24-7-6-9(8-24)23-14(25)12-11(18)5-4-10(13(12)19)17(20,21)22/h4-5,9H,6-8H2,1-3H3,(H,23,25)/t9-/m1/s1. The first kappa shape index (κ1) is 21.5. The normalized spacial score (nSPS) is 17.8. The Labute approximate surface area is 162 Å². The van der Waals surface area contributed by atoms with Crippen LogP contribution in [-0.2, 0) is 10.9 Å². The molecule has 0 unspecified atom stereocenters. The molecule has 5 nitrogen and oxygen atoms in total. The number of alkyl halides is 3. The molecule has 1 saturated heterocycles. The maximum absolute atomic E-state index is 14.2. The molecule has 0 radical (unpaired) electrons. The number of benzene rings is 1. The second kappa shape index (κ2) is 7.65. The van der Waals surface area contributed by atoms with Gasteiger partial charge in [-0.05, 0) is 55.3 Å². The van der Waals surface area contributed by atoms with Crippen LogP contribution < -0.4 is 5.32 Å². The SMILES string of the molecule is CC(C)(C)OC(=O)N1CC[C@@H](NC(=O)c2c(Br)ccc(C(F)(F)F)c2F)C1. The molecule has 0 aliphatic carbocycles. The molecule has 1 aliphatic rings. The lowest BCUT2D eigenvalue weighted by atomic mass is 10.1. The number of ether oxygens (including phenoxy) is 1. The number of nitrogens with one attached hydrogen (secondary N) is 1. The quantitative estimate of drug-likeness (QED) is 0.675. The zero-order chi connectivity index (χ0) is 20.6. The van der Waals surface area contributed by atoms with Crippen LogP contribution in [0.2, 0.25) is 0 Å². The number of likely N-dealkylation sites (tertiary alicyclic amines) is 1. The van der Waals surface area contributed by atoms with E-state index >= 15 is 0 Å². The van der Waals surface area contributed by atoms with Crippen molar-refractivity contribution in [2.45, 2.75) is 45.0 Å². The molecule has 1 aromatic carbocycles. The molecular weight excluding hydrogens is 436 g/mol. The van der Waals surface area contributed by atoms with Gasteiger partial charge in [-0.15, -0.1) is 0 Å². The van der Waals surface area contributed by atoms with Crippen LogP contribution in [0, 0.1) is 5.82 Å². The molecule has 0 spiro atoms. The molecule has 1 fully saturated rings. The molecule has 150 valence electrons. The van der Waals surface area contributed by atoms with Crippen LogP contribution in [0.25, 0.3) is 0 Å². The van der Waals surface area contributed by atoms with Crippen LogP contribution in [0.3, 0.4) is 0 Å². The molecule has 0 aromatic heterocycles. The lowest BCUT2D eigenvalue weighted by molar-refractivity contribution is -0.140. The van der Waals surface area contributed by atoms with Gasteiger partial charge in [0.15, 0.2) is 0 Å². The van der Waals surface area contributed by atoms with Crippen molar-refractivity contribution in [2.75, 3.05) is 13.1 Å². The smallest absolute Gasteiger partial charge is 0.419 e. The van der Waals surface area contributed by atoms with Crippen molar-refractivity contribution in [3.8, 4) is 0 Å². The van der Waals surface area contributed by atoms with Crippen LogP contribution in [0.1, 0.15) is 43.1 Å². The average molecular weight is 455 g/mol. The van der Waals surface area contributed by atoms with Crippen LogP contribution >= 0.6 is 15.9 Å². The Morgan fingerprint density at radius 3 is 2.44 bits per heavy atom. The van der Waals surface area contributed by atoms with E-state index in [1.165, 1.54) is 4.90 Å². The number of rotatable bonds is 2. The van der Waals surface area contributed by atoms with E-state index in [-0.39, 0.29) is 11.0 Å². The van der Waals surface area contributed by atoms with Crippen LogP contribution in [-0.4, -0.2) is 41.6 Å². The molecule has 1 heterocycles. The highest BCUT2D eigenvalue weighted by Crippen LogP contribution is 2.35. The lowest BCUT2D eigenvalue weighted by Crippen LogP contribution is -2.40. The molecule has 1 aliphatic heterocycles. The summed E-state index contributed by atoms with van der Waals surface area (Å²) in [6.07, 6.45) is -5.09. The minimum atomic E-state index is -4.92. The summed E-state index contributed by atoms with van der Waals surface area (Å²) in [5, 5.41) is 2.48. The van der Waals surface area contributed by atoms with E-state index in [0.29, 0.717) is 19.0 Å². The van der Waals surface area contributed by atoms with Gasteiger partial charge in [-0.3, -0.25) is 4.79 Å². The summed E-state index contributed by atoms with van der Waals surface area (Å²) in [6.45, 7) is 5.58. The fraction of sp³-hybridized carbons (Fsp3) is 0.529. The third kappa shape index (κ3) is 5.33. The maximum Gasteiger partial charge on any atom is 0.419 e. The fourth-order valence-electron chi connectivity index (χ4n) is 2.61. The molecule has 2 amide bonds. The zero-order valence-electron chi connectivity index (χ0n) is 14.9. The van der Waals surface area contributed by atoms with E-state index in [1.54, 1.807) is 20.8 Å². The Bertz CT molecular complexity index is 747. The number of carbonyl (C=O) groups excluding carboxylic acids is 2. The number of carbonyl (C=O) groups is 2. The zero-order valence-corrected chi connectivity index (χ0v) is 16.5. The summed E-state index contributed by atoms with van der Waals surface area (Å²) in [6, 6.07) is 1.02.